The molecule has 0 saturated carbocycles. The summed E-state index contributed by atoms with van der Waals surface area (Å²) in [5, 5.41) is 48.8. The smallest absolute Gasteiger partial charge is 0.334 e. The third-order valence-electron chi connectivity index (χ3n) is 13.8. The Morgan fingerprint density at radius 2 is 0.406 bits per heavy atom. The molecule has 4 unspecified atom stereocenters. The van der Waals surface area contributed by atoms with Crippen LogP contribution >= 0.6 is 17.2 Å². The zero-order valence-electron chi connectivity index (χ0n) is 42.8. The van der Waals surface area contributed by atoms with Gasteiger partial charge in [-0.1, -0.05) is 285 Å². The van der Waals surface area contributed by atoms with Crippen LogP contribution in [0, 0.1) is 5.41 Å². The van der Waals surface area contributed by atoms with E-state index in [-0.39, 0.29) is 0 Å². The number of aliphatic hydroxyl groups excluding tert-OH is 4. The zero-order chi connectivity index (χ0) is 47.8. The first-order chi connectivity index (χ1) is 31.1. The molecule has 0 aromatic rings. The van der Waals surface area contributed by atoms with Crippen molar-refractivity contribution in [2.45, 2.75) is 335 Å². The minimum Gasteiger partial charge on any atom is -0.392 e. The molecule has 0 aromatic carbocycles. The second kappa shape index (κ2) is 51.4. The largest absolute Gasteiger partial charge is 0.392 e. The zero-order valence-corrected chi connectivity index (χ0v) is 44.6. The number of rotatable bonds is 50. The summed E-state index contributed by atoms with van der Waals surface area (Å²) in [6.45, 7) is 9.09. The van der Waals surface area contributed by atoms with Crippen LogP contribution in [0.15, 0.2) is 0 Å². The maximum Gasteiger partial charge on any atom is 0.334 e. The van der Waals surface area contributed by atoms with Crippen molar-refractivity contribution in [3.05, 3.63) is 0 Å². The van der Waals surface area contributed by atoms with Gasteiger partial charge in [-0.25, -0.2) is 4.31 Å². The minimum absolute atomic E-state index is 0.551. The molecular formula is C53H112O9P2. The number of hydrogen-bond donors (Lipinski definition) is 8. The normalized spacial score (nSPS) is 14.7. The molecule has 11 heteroatoms. The van der Waals surface area contributed by atoms with Gasteiger partial charge in [0.15, 0.2) is 0 Å². The highest BCUT2D eigenvalue weighted by Gasteiger charge is 2.54. The number of unbranched alkanes of at least 4 members (excludes halogenated alkanes) is 36. The van der Waals surface area contributed by atoms with E-state index >= 15 is 0 Å². The Hall–Kier alpha value is 0.500. The van der Waals surface area contributed by atoms with Crippen LogP contribution in [0.3, 0.4) is 0 Å². The van der Waals surface area contributed by atoms with Crippen molar-refractivity contribution >= 4 is 17.2 Å². The highest BCUT2D eigenvalue weighted by Crippen LogP contribution is 2.44. The lowest BCUT2D eigenvalue weighted by molar-refractivity contribution is -0.201. The molecule has 0 bridgehead atoms. The van der Waals surface area contributed by atoms with Crippen LogP contribution in [0.2, 0.25) is 0 Å². The van der Waals surface area contributed by atoms with Crippen LogP contribution in [0.25, 0.3) is 0 Å². The molecule has 0 aliphatic carbocycles. The van der Waals surface area contributed by atoms with Crippen LogP contribution in [-0.2, 0) is 4.31 Å². The topological polar surface area (TPSA) is 171 Å². The van der Waals surface area contributed by atoms with Gasteiger partial charge in [-0.05, 0) is 25.7 Å². The Balaban J connectivity index is 0. The van der Waals surface area contributed by atoms with Crippen LogP contribution in [0.1, 0.15) is 310 Å². The molecule has 64 heavy (non-hydrogen) atoms. The summed E-state index contributed by atoms with van der Waals surface area (Å²) in [5.74, 6) is 0. The summed E-state index contributed by atoms with van der Waals surface area (Å²) < 4.78 is 3.60. The molecule has 0 aromatic heterocycles. The quantitative estimate of drug-likeness (QED) is 0.0218. The summed E-state index contributed by atoms with van der Waals surface area (Å²) in [4.78, 5) is 31.3. The Morgan fingerprint density at radius 3 is 0.531 bits per heavy atom. The third kappa shape index (κ3) is 40.4. The molecule has 0 aliphatic rings. The van der Waals surface area contributed by atoms with Crippen LogP contribution in [-0.4, -0.2) is 64.4 Å². The molecular weight excluding hydrogens is 843 g/mol. The summed E-state index contributed by atoms with van der Waals surface area (Å²) in [7, 11) is -5.22. The van der Waals surface area contributed by atoms with Gasteiger partial charge in [0.2, 0.25) is 0 Å². The molecule has 4 atom stereocenters. The lowest BCUT2D eigenvalue weighted by Gasteiger charge is -2.49. The fourth-order valence-corrected chi connectivity index (χ4v) is 10.2. The predicted octanol–water partition coefficient (Wildman–Crippen LogP) is 16.1. The molecule has 0 rings (SSSR count). The molecule has 0 amide bonds. The van der Waals surface area contributed by atoms with Gasteiger partial charge in [-0.2, -0.15) is 0 Å². The van der Waals surface area contributed by atoms with E-state index in [1.54, 1.807) is 0 Å². The van der Waals surface area contributed by atoms with Gasteiger partial charge in [0.25, 0.3) is 0 Å². The summed E-state index contributed by atoms with van der Waals surface area (Å²) in [5.41, 5.74) is -1.28. The van der Waals surface area contributed by atoms with Gasteiger partial charge in [0.1, 0.15) is 0 Å². The van der Waals surface area contributed by atoms with Crippen molar-refractivity contribution < 1.29 is 44.3 Å². The molecule has 0 aliphatic heterocycles. The van der Waals surface area contributed by atoms with Gasteiger partial charge in [0, 0.05) is 0 Å². The lowest BCUT2D eigenvalue weighted by Crippen LogP contribution is -2.60. The van der Waals surface area contributed by atoms with Crippen molar-refractivity contribution in [3.63, 3.8) is 0 Å². The van der Waals surface area contributed by atoms with Crippen molar-refractivity contribution in [1.29, 1.82) is 0 Å². The molecule has 0 heterocycles. The molecule has 0 saturated heterocycles. The minimum atomic E-state index is -2.61. The van der Waals surface area contributed by atoms with Gasteiger partial charge in [-0.15, -0.1) is 0 Å². The number of hydrogen-bond acceptors (Lipinski definition) is 9. The standard InChI is InChI=1S/C53H108O4.H4O5P2/c1-5-9-13-17-21-25-29-33-37-41-45-49(54)53(50(55)46-42-38-34-30-26-22-18-14-10-6-2,51(56)47-43-39-35-31-27-23-19-15-11-7-3)52(57)48-44-40-36-32-28-24-20-16-12-8-4;1-6(2)5-7(3)4/h49-52,54-57H,5-48H2,1-4H3;1-4H. The average Bonchev–Trinajstić information content (AvgIpc) is 3.26. The fraction of sp³-hybridized carbons (Fsp3) is 1.00. The molecule has 388 valence electrons. The average molecular weight is 955 g/mol. The van der Waals surface area contributed by atoms with E-state index in [2.05, 4.69) is 32.0 Å². The van der Waals surface area contributed by atoms with E-state index in [0.717, 1.165) is 51.4 Å². The van der Waals surface area contributed by atoms with Gasteiger partial charge in [-0.3, -0.25) is 0 Å². The molecule has 0 spiro atoms. The van der Waals surface area contributed by atoms with Crippen molar-refractivity contribution in [2.75, 3.05) is 0 Å². The van der Waals surface area contributed by atoms with Crippen LogP contribution < -0.4 is 0 Å². The second-order valence-corrected chi connectivity index (χ2v) is 21.2. The predicted molar refractivity (Wildman–Crippen MR) is 276 cm³/mol. The van der Waals surface area contributed by atoms with Crippen molar-refractivity contribution in [1.82, 2.24) is 0 Å². The first-order valence-electron chi connectivity index (χ1n) is 27.8. The third-order valence-corrected chi connectivity index (χ3v) is 14.9. The maximum absolute atomic E-state index is 12.2. The molecule has 0 fully saturated rings. The van der Waals surface area contributed by atoms with E-state index < -0.39 is 47.0 Å². The molecule has 0 radical (unpaired) electrons. The first kappa shape index (κ1) is 66.6. The van der Waals surface area contributed by atoms with E-state index in [9.17, 15) is 20.4 Å². The Kier molecular flexibility index (Phi) is 53.4. The van der Waals surface area contributed by atoms with Crippen LogP contribution in [0.5, 0.6) is 0 Å². The van der Waals surface area contributed by atoms with E-state index in [1.165, 1.54) is 205 Å². The fourth-order valence-electron chi connectivity index (χ4n) is 9.70. The first-order valence-corrected chi connectivity index (χ1v) is 30.1. The second-order valence-electron chi connectivity index (χ2n) is 19.5. The van der Waals surface area contributed by atoms with Gasteiger partial charge < -0.3 is 40.0 Å². The van der Waals surface area contributed by atoms with Crippen molar-refractivity contribution in [3.8, 4) is 0 Å². The van der Waals surface area contributed by atoms with E-state index in [0.29, 0.717) is 25.7 Å². The Morgan fingerprint density at radius 1 is 0.266 bits per heavy atom. The lowest BCUT2D eigenvalue weighted by atomic mass is 9.63. The maximum atomic E-state index is 12.2. The highest BCUT2D eigenvalue weighted by atomic mass is 31.2. The van der Waals surface area contributed by atoms with Crippen LogP contribution in [0.4, 0.5) is 0 Å². The highest BCUT2D eigenvalue weighted by molar-refractivity contribution is 7.53. The summed E-state index contributed by atoms with van der Waals surface area (Å²) in [6, 6.07) is 0. The van der Waals surface area contributed by atoms with Crippen molar-refractivity contribution in [2.24, 2.45) is 5.41 Å². The molecule has 9 nitrogen and oxygen atoms in total. The molecule has 8 N–H and O–H groups in total. The monoisotopic (exact) mass is 955 g/mol. The Labute approximate surface area is 400 Å². The van der Waals surface area contributed by atoms with Gasteiger partial charge >= 0.3 is 17.2 Å². The SMILES string of the molecule is CCCCCCCCCCCCC(O)C(C(O)CCCCCCCCCCCC)(C(O)CCCCCCCCCCCC)C(O)CCCCCCCCCCCC.OP(O)OP(O)O. The van der Waals surface area contributed by atoms with E-state index in [1.807, 2.05) is 0 Å². The number of aliphatic hydroxyl groups is 4. The van der Waals surface area contributed by atoms with Gasteiger partial charge in [0.05, 0.1) is 29.8 Å². The summed E-state index contributed by atoms with van der Waals surface area (Å²) >= 11 is 0. The summed E-state index contributed by atoms with van der Waals surface area (Å²) in [6.07, 6.45) is 48.0. The van der Waals surface area contributed by atoms with E-state index in [4.69, 9.17) is 19.6 Å². The Bertz CT molecular complexity index is 755.